The van der Waals surface area contributed by atoms with Crippen LogP contribution in [0, 0.1) is 5.92 Å². The summed E-state index contributed by atoms with van der Waals surface area (Å²) in [6, 6.07) is 3.56. The molecule has 0 bridgehead atoms. The molecule has 18 nitrogen and oxygen atoms in total. The number of nitrogens with one attached hydrogen (secondary N) is 4. The van der Waals surface area contributed by atoms with Crippen LogP contribution in [0.2, 0.25) is 0 Å². The lowest BCUT2D eigenvalue weighted by molar-refractivity contribution is -0.141. The van der Waals surface area contributed by atoms with E-state index in [1.54, 1.807) is 45.0 Å². The highest BCUT2D eigenvalue weighted by Gasteiger charge is 2.62. The highest BCUT2D eigenvalue weighted by Crippen LogP contribution is 2.45. The monoisotopic (exact) mass is 741 g/mol. The molecule has 280 valence electrons. The van der Waals surface area contributed by atoms with Crippen LogP contribution in [-0.4, -0.2) is 112 Å². The minimum Gasteiger partial charge on any atom is -0.497 e. The van der Waals surface area contributed by atoms with Gasteiger partial charge in [0.05, 0.1) is 18.4 Å². The largest absolute Gasteiger partial charge is 0.497 e. The van der Waals surface area contributed by atoms with Crippen molar-refractivity contribution in [2.24, 2.45) is 5.92 Å². The fourth-order valence-corrected chi connectivity index (χ4v) is 7.22. The van der Waals surface area contributed by atoms with E-state index in [2.05, 4.69) is 49.2 Å². The number of aromatic nitrogens is 4. The van der Waals surface area contributed by atoms with Crippen LogP contribution < -0.4 is 25.4 Å². The van der Waals surface area contributed by atoms with Gasteiger partial charge in [-0.1, -0.05) is 12.7 Å². The van der Waals surface area contributed by atoms with Crippen LogP contribution in [-0.2, 0) is 33.9 Å². The average molecular weight is 742 g/mol. The number of alkyl carbamates (subject to hydrolysis) is 1. The van der Waals surface area contributed by atoms with E-state index in [1.165, 1.54) is 22.9 Å². The average Bonchev–Trinajstić information content (AvgIpc) is 3.97. The van der Waals surface area contributed by atoms with Gasteiger partial charge >= 0.3 is 6.09 Å². The smallest absolute Gasteiger partial charge is 0.408 e. The summed E-state index contributed by atoms with van der Waals surface area (Å²) >= 11 is 0. The molecule has 5 rings (SSSR count). The summed E-state index contributed by atoms with van der Waals surface area (Å²) in [5.74, 6) is -2.73. The fourth-order valence-electron chi connectivity index (χ4n) is 5.85. The molecule has 1 aromatic carbocycles. The van der Waals surface area contributed by atoms with Crippen molar-refractivity contribution in [1.82, 2.24) is 45.8 Å². The Morgan fingerprint density at radius 1 is 1.12 bits per heavy atom. The molecule has 2 saturated carbocycles. The zero-order valence-corrected chi connectivity index (χ0v) is 30.1. The summed E-state index contributed by atoms with van der Waals surface area (Å²) in [7, 11) is -2.40. The van der Waals surface area contributed by atoms with Crippen LogP contribution in [0.3, 0.4) is 0 Å². The van der Waals surface area contributed by atoms with E-state index >= 15 is 0 Å². The molecule has 0 unspecified atom stereocenters. The van der Waals surface area contributed by atoms with E-state index in [1.807, 2.05) is 0 Å². The Bertz CT molecular complexity index is 1850. The molecule has 0 radical (unpaired) electrons. The number of rotatable bonds is 14. The Balaban J connectivity index is 1.44. The minimum atomic E-state index is -3.94. The quantitative estimate of drug-likeness (QED) is 0.152. The van der Waals surface area contributed by atoms with Gasteiger partial charge in [-0.15, -0.1) is 16.8 Å². The maximum Gasteiger partial charge on any atom is 0.408 e. The molecule has 19 heteroatoms. The molecule has 1 aromatic heterocycles. The Morgan fingerprint density at radius 2 is 1.81 bits per heavy atom. The van der Waals surface area contributed by atoms with Crippen LogP contribution in [0.25, 0.3) is 11.4 Å². The van der Waals surface area contributed by atoms with Gasteiger partial charge in [0.1, 0.15) is 29.0 Å². The van der Waals surface area contributed by atoms with Crippen LogP contribution >= 0.6 is 0 Å². The van der Waals surface area contributed by atoms with Gasteiger partial charge in [0.25, 0.3) is 5.91 Å². The van der Waals surface area contributed by atoms with E-state index in [9.17, 15) is 32.4 Å². The summed E-state index contributed by atoms with van der Waals surface area (Å²) in [4.78, 5) is 69.2. The molecule has 5 atom stereocenters. The van der Waals surface area contributed by atoms with Gasteiger partial charge < -0.3 is 30.3 Å². The first-order valence-electron chi connectivity index (χ1n) is 16.6. The van der Waals surface area contributed by atoms with Crippen molar-refractivity contribution in [2.75, 3.05) is 20.2 Å². The van der Waals surface area contributed by atoms with Crippen molar-refractivity contribution in [3.8, 4) is 17.1 Å². The second-order valence-electron chi connectivity index (χ2n) is 13.9. The van der Waals surface area contributed by atoms with Crippen molar-refractivity contribution in [3.63, 3.8) is 0 Å². The number of methoxy groups -OCH3 is 1. The fraction of sp³-hybridized carbons (Fsp3) is 0.515. The normalized spacial score (nSPS) is 23.1. The predicted octanol–water partition coefficient (Wildman–Crippen LogP) is 0.356. The number of amides is 5. The van der Waals surface area contributed by atoms with Gasteiger partial charge in [-0.05, 0) is 75.6 Å². The summed E-state index contributed by atoms with van der Waals surface area (Å²) in [6.45, 7) is 11.5. The highest BCUT2D eigenvalue weighted by molar-refractivity contribution is 7.91. The van der Waals surface area contributed by atoms with E-state index in [4.69, 9.17) is 9.47 Å². The molecule has 3 fully saturated rings. The molecule has 1 aliphatic heterocycles. The SMILES string of the molecule is C=CC(=O)NC[C@H](NC(=O)OC(C)(C)C)C(=O)N1C[C@H](n2nnc(-c3ccc(OC)cc3)n2)C[C@H]1C(=O)N[C@]1(C(=O)NS(=O)(=O)C2CC2)C[C@H]1C=C. The Morgan fingerprint density at radius 3 is 2.38 bits per heavy atom. The lowest BCUT2D eigenvalue weighted by Crippen LogP contribution is -2.59. The lowest BCUT2D eigenvalue weighted by Gasteiger charge is -2.30. The van der Waals surface area contributed by atoms with Gasteiger partial charge in [0, 0.05) is 31.0 Å². The van der Waals surface area contributed by atoms with Crippen molar-refractivity contribution < 1.29 is 41.9 Å². The molecule has 0 spiro atoms. The first kappa shape index (κ1) is 37.9. The Hall–Kier alpha value is -5.33. The van der Waals surface area contributed by atoms with Crippen LogP contribution in [0.5, 0.6) is 5.75 Å². The molecule has 2 aromatic rings. The predicted molar refractivity (Wildman–Crippen MR) is 185 cm³/mol. The number of carbonyl (C=O) groups is 5. The number of hydrogen-bond acceptors (Lipinski definition) is 12. The van der Waals surface area contributed by atoms with Crippen molar-refractivity contribution in [3.05, 3.63) is 49.6 Å². The second kappa shape index (κ2) is 14.7. The van der Waals surface area contributed by atoms with Crippen LogP contribution in [0.15, 0.2) is 49.6 Å². The summed E-state index contributed by atoms with van der Waals surface area (Å²) in [6.07, 6.45) is 2.39. The molecule has 1 saturated heterocycles. The number of carbonyl (C=O) groups excluding carboxylic acids is 5. The Kier molecular flexibility index (Phi) is 10.7. The topological polar surface area (TPSA) is 233 Å². The Labute approximate surface area is 300 Å². The molecule has 2 aliphatic carbocycles. The maximum atomic E-state index is 14.3. The third kappa shape index (κ3) is 8.58. The van der Waals surface area contributed by atoms with E-state index < -0.39 is 80.2 Å². The summed E-state index contributed by atoms with van der Waals surface area (Å²) < 4.78 is 37.9. The number of tetrazole rings is 1. The molecule has 2 heterocycles. The van der Waals surface area contributed by atoms with Crippen molar-refractivity contribution >= 4 is 39.7 Å². The number of likely N-dealkylation sites (tertiary alicyclic amines) is 1. The lowest BCUT2D eigenvalue weighted by atomic mass is 10.1. The van der Waals surface area contributed by atoms with Gasteiger partial charge in [0.2, 0.25) is 33.6 Å². The van der Waals surface area contributed by atoms with Crippen molar-refractivity contribution in [2.45, 2.75) is 81.0 Å². The van der Waals surface area contributed by atoms with Gasteiger partial charge in [0.15, 0.2) is 0 Å². The van der Waals surface area contributed by atoms with Crippen LogP contribution in [0.1, 0.15) is 52.5 Å². The third-order valence-electron chi connectivity index (χ3n) is 8.87. The van der Waals surface area contributed by atoms with Gasteiger partial charge in [-0.25, -0.2) is 13.2 Å². The zero-order valence-electron chi connectivity index (χ0n) is 29.3. The minimum absolute atomic E-state index is 0.0506. The van der Waals surface area contributed by atoms with Crippen LogP contribution in [0.4, 0.5) is 4.79 Å². The summed E-state index contributed by atoms with van der Waals surface area (Å²) in [5.41, 5.74) is -1.91. The second-order valence-corrected chi connectivity index (χ2v) is 15.8. The van der Waals surface area contributed by atoms with Gasteiger partial charge in [-0.2, -0.15) is 4.80 Å². The number of hydrogen-bond donors (Lipinski definition) is 4. The van der Waals surface area contributed by atoms with Crippen molar-refractivity contribution in [1.29, 1.82) is 0 Å². The molecular weight excluding hydrogens is 698 g/mol. The van der Waals surface area contributed by atoms with Gasteiger partial charge in [-0.3, -0.25) is 23.9 Å². The summed E-state index contributed by atoms with van der Waals surface area (Å²) in [5, 5.41) is 19.8. The molecule has 52 heavy (non-hydrogen) atoms. The number of nitrogens with zero attached hydrogens (tertiary/aromatic N) is 5. The van der Waals surface area contributed by atoms with E-state index in [-0.39, 0.29) is 31.8 Å². The number of sulfonamides is 1. The number of ether oxygens (including phenoxy) is 2. The molecule has 5 amide bonds. The first-order chi connectivity index (χ1) is 24.5. The maximum absolute atomic E-state index is 14.3. The first-order valence-corrected chi connectivity index (χ1v) is 18.2. The number of benzene rings is 1. The van der Waals surface area contributed by atoms with E-state index in [0.29, 0.717) is 24.2 Å². The highest BCUT2D eigenvalue weighted by atomic mass is 32.2. The molecule has 4 N–H and O–H groups in total. The molecule has 3 aliphatic rings. The standard InChI is InChI=1S/C33H43N9O9S/c1-7-20-16-33(20,30(46)39-52(48,49)23-13-14-23)36-28(44)25-15-21(42-38-27(37-40-42)19-9-11-22(50-6)12-10-19)18-41(25)29(45)24(17-34-26(43)8-2)35-31(47)51-32(3,4)5/h7-12,20-21,23-25H,1-2,13-18H2,3-6H3,(H,34,43)(H,35,47)(H,36,44)(H,39,46)/t20-,21-,24+,25+,33-/m1/s1. The molecular formula is C33H43N9O9S. The van der Waals surface area contributed by atoms with E-state index in [0.717, 1.165) is 6.08 Å². The third-order valence-corrected chi connectivity index (χ3v) is 10.7. The zero-order chi connectivity index (χ0) is 38.0.